The van der Waals surface area contributed by atoms with Crippen LogP contribution in [-0.2, 0) is 16.4 Å². The van der Waals surface area contributed by atoms with E-state index in [2.05, 4.69) is 4.72 Å². The van der Waals surface area contributed by atoms with Gasteiger partial charge in [-0.2, -0.15) is 5.26 Å². The van der Waals surface area contributed by atoms with E-state index in [0.717, 1.165) is 0 Å². The molecule has 0 aliphatic carbocycles. The van der Waals surface area contributed by atoms with Crippen LogP contribution in [0.2, 0.25) is 0 Å². The van der Waals surface area contributed by atoms with E-state index < -0.39 is 10.0 Å². The Balaban J connectivity index is 2.03. The second-order valence-corrected chi connectivity index (χ2v) is 6.18. The van der Waals surface area contributed by atoms with Crippen LogP contribution in [0.1, 0.15) is 11.1 Å². The van der Waals surface area contributed by atoms with Crippen LogP contribution in [0.3, 0.4) is 0 Å². The van der Waals surface area contributed by atoms with Gasteiger partial charge in [0.25, 0.3) is 0 Å². The maximum Gasteiger partial charge on any atom is 0.240 e. The molecule has 0 bridgehead atoms. The highest BCUT2D eigenvalue weighted by Gasteiger charge is 2.13. The maximum atomic E-state index is 13.0. The highest BCUT2D eigenvalue weighted by atomic mass is 32.2. The molecular weight excluding hydrogens is 291 g/mol. The van der Waals surface area contributed by atoms with Gasteiger partial charge < -0.3 is 0 Å². The normalized spacial score (nSPS) is 11.0. The maximum absolute atomic E-state index is 13.0. The third kappa shape index (κ3) is 4.12. The summed E-state index contributed by atoms with van der Waals surface area (Å²) in [7, 11) is -3.67. The zero-order valence-corrected chi connectivity index (χ0v) is 11.9. The number of benzene rings is 2. The third-order valence-electron chi connectivity index (χ3n) is 2.87. The Morgan fingerprint density at radius 2 is 1.90 bits per heavy atom. The molecule has 0 aliphatic heterocycles. The molecule has 1 N–H and O–H groups in total. The second-order valence-electron chi connectivity index (χ2n) is 4.42. The molecule has 4 nitrogen and oxygen atoms in total. The molecule has 0 fully saturated rings. The summed E-state index contributed by atoms with van der Waals surface area (Å²) in [5.41, 5.74) is 0.992. The van der Waals surface area contributed by atoms with Crippen LogP contribution < -0.4 is 4.72 Å². The Morgan fingerprint density at radius 1 is 1.14 bits per heavy atom. The first-order valence-corrected chi connectivity index (χ1v) is 7.74. The minimum absolute atomic E-state index is 0.0424. The van der Waals surface area contributed by atoms with Gasteiger partial charge in [0, 0.05) is 6.54 Å². The molecule has 0 aromatic heterocycles. The van der Waals surface area contributed by atoms with Crippen LogP contribution in [-0.4, -0.2) is 15.0 Å². The number of hydrogen-bond acceptors (Lipinski definition) is 3. The van der Waals surface area contributed by atoms with Crippen molar-refractivity contribution in [3.8, 4) is 6.07 Å². The summed E-state index contributed by atoms with van der Waals surface area (Å²) in [6.07, 6.45) is 0.384. The fourth-order valence-corrected chi connectivity index (χ4v) is 2.92. The van der Waals surface area contributed by atoms with E-state index >= 15 is 0 Å². The Morgan fingerprint density at radius 3 is 2.62 bits per heavy atom. The highest BCUT2D eigenvalue weighted by molar-refractivity contribution is 7.89. The highest BCUT2D eigenvalue weighted by Crippen LogP contribution is 2.11. The van der Waals surface area contributed by atoms with Crippen molar-refractivity contribution in [2.45, 2.75) is 11.3 Å². The standard InChI is InChI=1S/C15H13FN2O2S/c16-14-5-1-3-12(9-14)7-8-18-21(19,20)15-6-2-4-13(10-15)11-17/h1-6,9-10,18H,7-8H2. The first-order valence-electron chi connectivity index (χ1n) is 6.25. The van der Waals surface area contributed by atoms with Crippen LogP contribution in [0, 0.1) is 17.1 Å². The zero-order valence-electron chi connectivity index (χ0n) is 11.1. The van der Waals surface area contributed by atoms with Gasteiger partial charge in [0.15, 0.2) is 0 Å². The number of nitriles is 1. The van der Waals surface area contributed by atoms with Crippen molar-refractivity contribution in [2.75, 3.05) is 6.54 Å². The topological polar surface area (TPSA) is 70.0 Å². The lowest BCUT2D eigenvalue weighted by Gasteiger charge is -2.07. The van der Waals surface area contributed by atoms with Crippen LogP contribution in [0.4, 0.5) is 4.39 Å². The largest absolute Gasteiger partial charge is 0.240 e. The van der Waals surface area contributed by atoms with Gasteiger partial charge in [-0.15, -0.1) is 0 Å². The minimum Gasteiger partial charge on any atom is -0.211 e. The second kappa shape index (κ2) is 6.48. The number of halogens is 1. The number of nitrogens with one attached hydrogen (secondary N) is 1. The van der Waals surface area contributed by atoms with Crippen molar-refractivity contribution in [1.82, 2.24) is 4.72 Å². The summed E-state index contributed by atoms with van der Waals surface area (Å²) in [4.78, 5) is 0.0424. The van der Waals surface area contributed by atoms with Crippen molar-refractivity contribution in [3.05, 3.63) is 65.5 Å². The molecule has 0 radical (unpaired) electrons. The quantitative estimate of drug-likeness (QED) is 0.920. The van der Waals surface area contributed by atoms with Crippen LogP contribution in [0.15, 0.2) is 53.4 Å². The van der Waals surface area contributed by atoms with Crippen LogP contribution >= 0.6 is 0 Å². The third-order valence-corrected chi connectivity index (χ3v) is 4.33. The molecule has 21 heavy (non-hydrogen) atoms. The molecule has 2 aromatic rings. The molecule has 0 spiro atoms. The van der Waals surface area contributed by atoms with E-state index in [4.69, 9.17) is 5.26 Å². The number of rotatable bonds is 5. The van der Waals surface area contributed by atoms with Gasteiger partial charge in [0.05, 0.1) is 16.5 Å². The molecule has 0 heterocycles. The fraction of sp³-hybridized carbons (Fsp3) is 0.133. The van der Waals surface area contributed by atoms with Crippen molar-refractivity contribution in [3.63, 3.8) is 0 Å². The lowest BCUT2D eigenvalue weighted by molar-refractivity contribution is 0.581. The Labute approximate surface area is 122 Å². The lowest BCUT2D eigenvalue weighted by Crippen LogP contribution is -2.26. The molecule has 0 atom stereocenters. The minimum atomic E-state index is -3.67. The predicted octanol–water partition coefficient (Wildman–Crippen LogP) is 2.22. The predicted molar refractivity (Wildman–Crippen MR) is 76.4 cm³/mol. The van der Waals surface area contributed by atoms with Crippen LogP contribution in [0.25, 0.3) is 0 Å². The first-order chi connectivity index (χ1) is 10.0. The molecule has 2 aromatic carbocycles. The molecule has 2 rings (SSSR count). The van der Waals surface area contributed by atoms with Crippen molar-refractivity contribution < 1.29 is 12.8 Å². The zero-order chi connectivity index (χ0) is 15.3. The van der Waals surface area contributed by atoms with E-state index in [-0.39, 0.29) is 22.8 Å². The molecule has 0 saturated heterocycles. The van der Waals surface area contributed by atoms with Crippen molar-refractivity contribution in [2.24, 2.45) is 0 Å². The van der Waals surface area contributed by atoms with Gasteiger partial charge in [-0.1, -0.05) is 18.2 Å². The van der Waals surface area contributed by atoms with Gasteiger partial charge in [0.1, 0.15) is 5.82 Å². The van der Waals surface area contributed by atoms with Crippen molar-refractivity contribution in [1.29, 1.82) is 5.26 Å². The average Bonchev–Trinajstić information content (AvgIpc) is 2.47. The molecule has 0 saturated carbocycles. The van der Waals surface area contributed by atoms with E-state index in [1.165, 1.54) is 36.4 Å². The summed E-state index contributed by atoms with van der Waals surface area (Å²) < 4.78 is 39.6. The molecule has 0 unspecified atom stereocenters. The van der Waals surface area contributed by atoms with Gasteiger partial charge in [-0.05, 0) is 42.3 Å². The SMILES string of the molecule is N#Cc1cccc(S(=O)(=O)NCCc2cccc(F)c2)c1. The number of sulfonamides is 1. The molecule has 0 amide bonds. The number of nitrogens with zero attached hydrogens (tertiary/aromatic N) is 1. The summed E-state index contributed by atoms with van der Waals surface area (Å²) in [5, 5.41) is 8.78. The fourth-order valence-electron chi connectivity index (χ4n) is 1.84. The van der Waals surface area contributed by atoms with E-state index in [1.54, 1.807) is 12.1 Å². The monoisotopic (exact) mass is 304 g/mol. The van der Waals surface area contributed by atoms with E-state index in [0.29, 0.717) is 12.0 Å². The summed E-state index contributed by atoms with van der Waals surface area (Å²) >= 11 is 0. The Kier molecular flexibility index (Phi) is 4.68. The van der Waals surface area contributed by atoms with E-state index in [1.807, 2.05) is 6.07 Å². The smallest absolute Gasteiger partial charge is 0.211 e. The summed E-state index contributed by atoms with van der Waals surface area (Å²) in [6.45, 7) is 0.155. The Bertz CT molecular complexity index is 782. The lowest BCUT2D eigenvalue weighted by atomic mass is 10.1. The van der Waals surface area contributed by atoms with Gasteiger partial charge in [-0.25, -0.2) is 17.5 Å². The molecule has 108 valence electrons. The molecule has 6 heteroatoms. The van der Waals surface area contributed by atoms with Crippen LogP contribution in [0.5, 0.6) is 0 Å². The average molecular weight is 304 g/mol. The van der Waals surface area contributed by atoms with E-state index in [9.17, 15) is 12.8 Å². The molecular formula is C15H13FN2O2S. The van der Waals surface area contributed by atoms with Gasteiger partial charge >= 0.3 is 0 Å². The molecule has 0 aliphatic rings. The van der Waals surface area contributed by atoms with Gasteiger partial charge in [0.2, 0.25) is 10.0 Å². The van der Waals surface area contributed by atoms with Gasteiger partial charge in [-0.3, -0.25) is 0 Å². The summed E-state index contributed by atoms with van der Waals surface area (Å²) in [5.74, 6) is -0.350. The van der Waals surface area contributed by atoms with Crippen molar-refractivity contribution >= 4 is 10.0 Å². The Hall–Kier alpha value is -2.23. The number of hydrogen-bond donors (Lipinski definition) is 1. The first kappa shape index (κ1) is 15.2. The summed E-state index contributed by atoms with van der Waals surface area (Å²) in [6, 6.07) is 13.7.